The van der Waals surface area contributed by atoms with Gasteiger partial charge in [-0.05, 0) is 83.8 Å². The Kier molecular flexibility index (Phi) is 5.69. The van der Waals surface area contributed by atoms with Crippen LogP contribution < -0.4 is 10.6 Å². The molecule has 4 rings (SSSR count). The highest BCUT2D eigenvalue weighted by Crippen LogP contribution is 2.33. The Morgan fingerprint density at radius 2 is 1.70 bits per heavy atom. The zero-order valence-corrected chi connectivity index (χ0v) is 19.0. The molecule has 1 aromatic carbocycles. The molecule has 0 unspecified atom stereocenters. The maximum Gasteiger partial charge on any atom is 0.254 e. The molecule has 2 fully saturated rings. The van der Waals surface area contributed by atoms with E-state index in [1.807, 2.05) is 23.1 Å². The fourth-order valence-corrected chi connectivity index (χ4v) is 6.12. The number of benzene rings is 1. The van der Waals surface area contributed by atoms with Crippen LogP contribution in [0, 0.1) is 11.8 Å². The van der Waals surface area contributed by atoms with Crippen LogP contribution >= 0.6 is 0 Å². The normalized spacial score (nSPS) is 28.3. The molecule has 30 heavy (non-hydrogen) atoms. The minimum absolute atomic E-state index is 0.0389. The monoisotopic (exact) mass is 411 g/mol. The predicted molar refractivity (Wildman–Crippen MR) is 119 cm³/mol. The number of rotatable bonds is 4. The lowest BCUT2D eigenvalue weighted by Gasteiger charge is -2.47. The van der Waals surface area contributed by atoms with Crippen LogP contribution in [-0.4, -0.2) is 40.4 Å². The Hall–Kier alpha value is -1.88. The summed E-state index contributed by atoms with van der Waals surface area (Å²) in [6.45, 7) is 10.4. The highest BCUT2D eigenvalue weighted by molar-refractivity contribution is 5.98. The van der Waals surface area contributed by atoms with Gasteiger partial charge in [0.15, 0.2) is 0 Å². The molecule has 2 aliphatic heterocycles. The molecule has 2 heterocycles. The van der Waals surface area contributed by atoms with Crippen molar-refractivity contribution in [2.45, 2.75) is 89.9 Å². The first-order valence-electron chi connectivity index (χ1n) is 11.6. The topological polar surface area (TPSA) is 61.4 Å². The van der Waals surface area contributed by atoms with E-state index in [0.29, 0.717) is 5.92 Å². The summed E-state index contributed by atoms with van der Waals surface area (Å²) in [7, 11) is 0. The molecule has 1 saturated carbocycles. The maximum absolute atomic E-state index is 12.9. The summed E-state index contributed by atoms with van der Waals surface area (Å²) in [6, 6.07) is 8.17. The van der Waals surface area contributed by atoms with E-state index in [2.05, 4.69) is 44.4 Å². The van der Waals surface area contributed by atoms with Crippen LogP contribution in [0.3, 0.4) is 0 Å². The van der Waals surface area contributed by atoms with Crippen LogP contribution in [0.15, 0.2) is 24.3 Å². The van der Waals surface area contributed by atoms with E-state index >= 15 is 0 Å². The average molecular weight is 412 g/mol. The van der Waals surface area contributed by atoms with Crippen molar-refractivity contribution in [1.82, 2.24) is 15.5 Å². The number of amides is 2. The summed E-state index contributed by atoms with van der Waals surface area (Å²) < 4.78 is 0. The van der Waals surface area contributed by atoms with Gasteiger partial charge in [0.05, 0.1) is 0 Å². The number of hydrogen-bond acceptors (Lipinski definition) is 3. The second-order valence-corrected chi connectivity index (χ2v) is 11.1. The molecule has 0 aromatic heterocycles. The van der Waals surface area contributed by atoms with Crippen molar-refractivity contribution in [3.63, 3.8) is 0 Å². The molecule has 1 saturated heterocycles. The van der Waals surface area contributed by atoms with Gasteiger partial charge in [-0.15, -0.1) is 0 Å². The van der Waals surface area contributed by atoms with Crippen molar-refractivity contribution in [2.75, 3.05) is 6.54 Å². The smallest absolute Gasteiger partial charge is 0.254 e. The number of piperidine rings is 1. The molecule has 2 N–H and O–H groups in total. The Balaban J connectivity index is 1.26. The lowest BCUT2D eigenvalue weighted by atomic mass is 9.78. The lowest BCUT2D eigenvalue weighted by Crippen LogP contribution is -2.62. The maximum atomic E-state index is 12.9. The van der Waals surface area contributed by atoms with Crippen LogP contribution in [0.4, 0.5) is 0 Å². The SMILES string of the molecule is CC1(C)CC(NC(=O)C2CCC(CN3Cc4ccccc4C3=O)CC2)CC(C)(C)N1. The standard InChI is InChI=1S/C25H37N3O2/c1-24(2)13-20(14-25(3,4)27-24)26-22(29)18-11-9-17(10-12-18)15-28-16-19-7-5-6-8-21(19)23(28)30/h5-8,17-18,20,27H,9-16H2,1-4H3,(H,26,29). The summed E-state index contributed by atoms with van der Waals surface area (Å²) in [5.74, 6) is 1.02. The van der Waals surface area contributed by atoms with Crippen molar-refractivity contribution >= 4 is 11.8 Å². The number of carbonyl (C=O) groups excluding carboxylic acids is 2. The van der Waals surface area contributed by atoms with E-state index in [0.717, 1.165) is 62.7 Å². The molecule has 5 nitrogen and oxygen atoms in total. The van der Waals surface area contributed by atoms with E-state index < -0.39 is 0 Å². The molecule has 0 bridgehead atoms. The van der Waals surface area contributed by atoms with E-state index in [1.165, 1.54) is 0 Å². The molecule has 2 amide bonds. The van der Waals surface area contributed by atoms with Crippen molar-refractivity contribution in [1.29, 1.82) is 0 Å². The zero-order valence-electron chi connectivity index (χ0n) is 19.0. The number of nitrogens with zero attached hydrogens (tertiary/aromatic N) is 1. The molecule has 1 aromatic rings. The van der Waals surface area contributed by atoms with E-state index in [1.54, 1.807) is 0 Å². The van der Waals surface area contributed by atoms with Gasteiger partial charge in [-0.2, -0.15) is 0 Å². The molecule has 5 heteroatoms. The van der Waals surface area contributed by atoms with Crippen LogP contribution in [0.25, 0.3) is 0 Å². The molecule has 0 radical (unpaired) electrons. The largest absolute Gasteiger partial charge is 0.353 e. The van der Waals surface area contributed by atoms with Gasteiger partial charge in [-0.25, -0.2) is 0 Å². The zero-order chi connectivity index (χ0) is 21.5. The average Bonchev–Trinajstić information content (AvgIpc) is 2.95. The predicted octanol–water partition coefficient (Wildman–Crippen LogP) is 3.87. The Morgan fingerprint density at radius 1 is 1.07 bits per heavy atom. The van der Waals surface area contributed by atoms with Gasteiger partial charge < -0.3 is 15.5 Å². The Bertz CT molecular complexity index is 792. The quantitative estimate of drug-likeness (QED) is 0.791. The highest BCUT2D eigenvalue weighted by Gasteiger charge is 2.39. The summed E-state index contributed by atoms with van der Waals surface area (Å²) in [4.78, 5) is 27.6. The van der Waals surface area contributed by atoms with Crippen molar-refractivity contribution in [3.05, 3.63) is 35.4 Å². The molecule has 0 atom stereocenters. The van der Waals surface area contributed by atoms with Crippen LogP contribution in [0.5, 0.6) is 0 Å². The van der Waals surface area contributed by atoms with Gasteiger partial charge in [0.25, 0.3) is 5.91 Å². The molecular weight excluding hydrogens is 374 g/mol. The van der Waals surface area contributed by atoms with Crippen molar-refractivity contribution in [3.8, 4) is 0 Å². The number of carbonyl (C=O) groups is 2. The van der Waals surface area contributed by atoms with Crippen LogP contribution in [0.1, 0.15) is 82.1 Å². The summed E-state index contributed by atoms with van der Waals surface area (Å²) in [5.41, 5.74) is 2.08. The fourth-order valence-electron chi connectivity index (χ4n) is 6.12. The second-order valence-electron chi connectivity index (χ2n) is 11.1. The molecule has 3 aliphatic rings. The third-order valence-electron chi connectivity index (χ3n) is 7.13. The highest BCUT2D eigenvalue weighted by atomic mass is 16.2. The van der Waals surface area contributed by atoms with Crippen LogP contribution in [-0.2, 0) is 11.3 Å². The van der Waals surface area contributed by atoms with Gasteiger partial charge in [-0.1, -0.05) is 18.2 Å². The fraction of sp³-hybridized carbons (Fsp3) is 0.680. The summed E-state index contributed by atoms with van der Waals surface area (Å²) in [6.07, 6.45) is 5.86. The van der Waals surface area contributed by atoms with Crippen molar-refractivity contribution in [2.24, 2.45) is 11.8 Å². The molecular formula is C25H37N3O2. The third-order valence-corrected chi connectivity index (χ3v) is 7.13. The first-order valence-corrected chi connectivity index (χ1v) is 11.6. The lowest BCUT2D eigenvalue weighted by molar-refractivity contribution is -0.127. The van der Waals surface area contributed by atoms with Crippen LogP contribution in [0.2, 0.25) is 0 Å². The minimum atomic E-state index is 0.0389. The number of fused-ring (bicyclic) bond motifs is 1. The first kappa shape index (κ1) is 21.4. The number of nitrogens with one attached hydrogen (secondary N) is 2. The molecule has 1 aliphatic carbocycles. The van der Waals surface area contributed by atoms with E-state index in [9.17, 15) is 9.59 Å². The van der Waals surface area contributed by atoms with Gasteiger partial charge in [0.2, 0.25) is 5.91 Å². The molecule has 0 spiro atoms. The molecule has 164 valence electrons. The summed E-state index contributed by atoms with van der Waals surface area (Å²) >= 11 is 0. The minimum Gasteiger partial charge on any atom is -0.353 e. The Morgan fingerprint density at radius 3 is 2.33 bits per heavy atom. The Labute approximate surface area is 181 Å². The van der Waals surface area contributed by atoms with Gasteiger partial charge in [0.1, 0.15) is 0 Å². The summed E-state index contributed by atoms with van der Waals surface area (Å²) in [5, 5.41) is 7.04. The van der Waals surface area contributed by atoms with Gasteiger partial charge in [-0.3, -0.25) is 9.59 Å². The third kappa shape index (κ3) is 4.72. The van der Waals surface area contributed by atoms with E-state index in [4.69, 9.17) is 0 Å². The number of hydrogen-bond donors (Lipinski definition) is 2. The van der Waals surface area contributed by atoms with Crippen molar-refractivity contribution < 1.29 is 9.59 Å². The second kappa shape index (κ2) is 7.99. The first-order chi connectivity index (χ1) is 14.1. The van der Waals surface area contributed by atoms with Gasteiger partial charge in [0, 0.05) is 41.7 Å². The van der Waals surface area contributed by atoms with Gasteiger partial charge >= 0.3 is 0 Å². The van der Waals surface area contributed by atoms with E-state index in [-0.39, 0.29) is 34.9 Å².